The van der Waals surface area contributed by atoms with E-state index in [9.17, 15) is 4.79 Å². The average molecular weight is 313 g/mol. The van der Waals surface area contributed by atoms with Crippen LogP contribution >= 0.6 is 11.3 Å². The Labute approximate surface area is 134 Å². The van der Waals surface area contributed by atoms with Crippen molar-refractivity contribution in [3.63, 3.8) is 0 Å². The minimum atomic E-state index is 0.0577. The maximum atomic E-state index is 12.3. The van der Waals surface area contributed by atoms with Gasteiger partial charge in [0.2, 0.25) is 5.91 Å². The number of nitrogen functional groups attached to an aromatic ring is 1. The zero-order valence-electron chi connectivity index (χ0n) is 12.8. The number of thiophene rings is 1. The van der Waals surface area contributed by atoms with Gasteiger partial charge >= 0.3 is 0 Å². The summed E-state index contributed by atoms with van der Waals surface area (Å²) in [6.07, 6.45) is 1.22. The molecule has 0 aliphatic carbocycles. The third kappa shape index (κ3) is 2.76. The van der Waals surface area contributed by atoms with Crippen molar-refractivity contribution in [1.82, 2.24) is 5.01 Å². The Morgan fingerprint density at radius 3 is 2.86 bits per heavy atom. The molecule has 0 saturated heterocycles. The van der Waals surface area contributed by atoms with E-state index in [1.807, 2.05) is 36.6 Å². The highest BCUT2D eigenvalue weighted by Gasteiger charge is 2.23. The predicted molar refractivity (Wildman–Crippen MR) is 91.2 cm³/mol. The smallest absolute Gasteiger partial charge is 0.247 e. The molecule has 1 amide bonds. The van der Waals surface area contributed by atoms with E-state index < -0.39 is 0 Å². The molecule has 2 aromatic rings. The monoisotopic (exact) mass is 313 g/mol. The fourth-order valence-electron chi connectivity index (χ4n) is 2.63. The molecule has 114 valence electrons. The molecule has 1 aromatic carbocycles. The lowest BCUT2D eigenvalue weighted by molar-refractivity contribution is -0.129. The second-order valence-corrected chi connectivity index (χ2v) is 6.55. The summed E-state index contributed by atoms with van der Waals surface area (Å²) in [4.78, 5) is 13.4. The van der Waals surface area contributed by atoms with Gasteiger partial charge in [0, 0.05) is 22.5 Å². The first kappa shape index (κ1) is 14.8. The number of hydrazone groups is 1. The molecular weight excluding hydrogens is 294 g/mol. The minimum Gasteiger partial charge on any atom is -0.399 e. The summed E-state index contributed by atoms with van der Waals surface area (Å²) in [6, 6.07) is 7.86. The fourth-order valence-corrected chi connectivity index (χ4v) is 3.33. The Balaban J connectivity index is 1.80. The highest BCUT2D eigenvalue weighted by molar-refractivity contribution is 7.10. The van der Waals surface area contributed by atoms with Gasteiger partial charge in [0.25, 0.3) is 0 Å². The largest absolute Gasteiger partial charge is 0.399 e. The van der Waals surface area contributed by atoms with Gasteiger partial charge in [-0.1, -0.05) is 12.1 Å². The molecule has 3 rings (SSSR count). The zero-order chi connectivity index (χ0) is 15.7. The summed E-state index contributed by atoms with van der Waals surface area (Å²) < 4.78 is 0. The van der Waals surface area contributed by atoms with Crippen LogP contribution in [0.5, 0.6) is 0 Å². The van der Waals surface area contributed by atoms with Gasteiger partial charge in [0.15, 0.2) is 0 Å². The molecule has 1 aromatic heterocycles. The summed E-state index contributed by atoms with van der Waals surface area (Å²) in [5.41, 5.74) is 11.0. The Hall–Kier alpha value is -2.14. The number of benzene rings is 1. The number of carbonyl (C=O) groups is 1. The first-order valence-corrected chi connectivity index (χ1v) is 8.20. The Kier molecular flexibility index (Phi) is 3.98. The van der Waals surface area contributed by atoms with Crippen LogP contribution in [0.3, 0.4) is 0 Å². The van der Waals surface area contributed by atoms with Crippen molar-refractivity contribution < 1.29 is 4.79 Å². The van der Waals surface area contributed by atoms with Gasteiger partial charge < -0.3 is 5.73 Å². The van der Waals surface area contributed by atoms with Crippen molar-refractivity contribution in [2.75, 3.05) is 12.3 Å². The van der Waals surface area contributed by atoms with Gasteiger partial charge in [-0.05, 0) is 42.5 Å². The first-order chi connectivity index (χ1) is 10.6. The average Bonchev–Trinajstić information content (AvgIpc) is 3.16. The van der Waals surface area contributed by atoms with Crippen LogP contribution < -0.4 is 5.73 Å². The highest BCUT2D eigenvalue weighted by atomic mass is 32.1. The number of anilines is 1. The van der Waals surface area contributed by atoms with Crippen LogP contribution in [0.25, 0.3) is 0 Å². The van der Waals surface area contributed by atoms with Crippen molar-refractivity contribution in [2.24, 2.45) is 5.10 Å². The summed E-state index contributed by atoms with van der Waals surface area (Å²) in [6.45, 7) is 4.73. The SMILES string of the molecule is Cc1c(N)ccc(C2=NN(C(=O)Cc3cccs3)CC2)c1C. The molecule has 22 heavy (non-hydrogen) atoms. The fraction of sp³-hybridized carbons (Fsp3) is 0.294. The summed E-state index contributed by atoms with van der Waals surface area (Å²) >= 11 is 1.60. The quantitative estimate of drug-likeness (QED) is 0.885. The van der Waals surface area contributed by atoms with E-state index in [1.54, 1.807) is 16.3 Å². The summed E-state index contributed by atoms with van der Waals surface area (Å²) in [5, 5.41) is 8.12. The Morgan fingerprint density at radius 2 is 2.14 bits per heavy atom. The van der Waals surface area contributed by atoms with Crippen LogP contribution in [-0.2, 0) is 11.2 Å². The molecule has 2 N–H and O–H groups in total. The molecule has 2 heterocycles. The second-order valence-electron chi connectivity index (χ2n) is 5.52. The van der Waals surface area contributed by atoms with E-state index in [0.717, 1.165) is 39.4 Å². The summed E-state index contributed by atoms with van der Waals surface area (Å²) in [5.74, 6) is 0.0577. The van der Waals surface area contributed by atoms with Crippen LogP contribution in [0, 0.1) is 13.8 Å². The molecule has 5 heteroatoms. The molecule has 0 bridgehead atoms. The maximum Gasteiger partial charge on any atom is 0.247 e. The zero-order valence-corrected chi connectivity index (χ0v) is 13.6. The van der Waals surface area contributed by atoms with E-state index in [1.165, 1.54) is 0 Å². The van der Waals surface area contributed by atoms with E-state index in [-0.39, 0.29) is 5.91 Å². The number of nitrogens with zero attached hydrogens (tertiary/aromatic N) is 2. The molecule has 0 spiro atoms. The molecule has 0 fully saturated rings. The van der Waals surface area contributed by atoms with Gasteiger partial charge in [-0.25, -0.2) is 5.01 Å². The molecule has 1 aliphatic heterocycles. The highest BCUT2D eigenvalue weighted by Crippen LogP contribution is 2.24. The molecule has 0 unspecified atom stereocenters. The molecular formula is C17H19N3OS. The lowest BCUT2D eigenvalue weighted by Gasteiger charge is -2.11. The molecule has 0 radical (unpaired) electrons. The van der Waals surface area contributed by atoms with Crippen LogP contribution in [0.15, 0.2) is 34.7 Å². The Morgan fingerprint density at radius 1 is 1.32 bits per heavy atom. The van der Waals surface area contributed by atoms with Crippen molar-refractivity contribution in [3.8, 4) is 0 Å². The van der Waals surface area contributed by atoms with E-state index >= 15 is 0 Å². The van der Waals surface area contributed by atoms with Gasteiger partial charge in [0.05, 0.1) is 18.7 Å². The third-order valence-electron chi connectivity index (χ3n) is 4.14. The van der Waals surface area contributed by atoms with Crippen molar-refractivity contribution >= 4 is 28.6 Å². The number of hydrogen-bond donors (Lipinski definition) is 1. The topological polar surface area (TPSA) is 58.7 Å². The van der Waals surface area contributed by atoms with Crippen molar-refractivity contribution in [1.29, 1.82) is 0 Å². The van der Waals surface area contributed by atoms with Gasteiger partial charge in [-0.15, -0.1) is 11.3 Å². The van der Waals surface area contributed by atoms with E-state index in [4.69, 9.17) is 5.73 Å². The van der Waals surface area contributed by atoms with Crippen LogP contribution in [-0.4, -0.2) is 23.2 Å². The van der Waals surface area contributed by atoms with Gasteiger partial charge in [-0.3, -0.25) is 4.79 Å². The van der Waals surface area contributed by atoms with Crippen molar-refractivity contribution in [3.05, 3.63) is 51.2 Å². The molecule has 0 atom stereocenters. The number of rotatable bonds is 3. The Bertz CT molecular complexity index is 735. The normalized spacial score (nSPS) is 14.3. The number of nitrogens with two attached hydrogens (primary N) is 1. The van der Waals surface area contributed by atoms with Crippen molar-refractivity contribution in [2.45, 2.75) is 26.7 Å². The lowest BCUT2D eigenvalue weighted by Crippen LogP contribution is -2.24. The summed E-state index contributed by atoms with van der Waals surface area (Å²) in [7, 11) is 0. The van der Waals surface area contributed by atoms with Crippen LogP contribution in [0.1, 0.15) is 28.0 Å². The van der Waals surface area contributed by atoms with E-state index in [0.29, 0.717) is 13.0 Å². The number of amides is 1. The van der Waals surface area contributed by atoms with Crippen LogP contribution in [0.4, 0.5) is 5.69 Å². The standard InChI is InChI=1S/C17H19N3OS/c1-11-12(2)15(18)6-5-14(11)16-7-8-20(19-16)17(21)10-13-4-3-9-22-13/h3-6,9H,7-8,10,18H2,1-2H3. The number of hydrogen-bond acceptors (Lipinski definition) is 4. The molecule has 4 nitrogen and oxygen atoms in total. The van der Waals surface area contributed by atoms with E-state index in [2.05, 4.69) is 12.0 Å². The maximum absolute atomic E-state index is 12.3. The minimum absolute atomic E-state index is 0.0577. The van der Waals surface area contributed by atoms with Crippen LogP contribution in [0.2, 0.25) is 0 Å². The first-order valence-electron chi connectivity index (χ1n) is 7.32. The molecule has 1 aliphatic rings. The lowest BCUT2D eigenvalue weighted by atomic mass is 9.97. The predicted octanol–water partition coefficient (Wildman–Crippen LogP) is 3.13. The second kappa shape index (κ2) is 5.93. The number of carbonyl (C=O) groups excluding carboxylic acids is 1. The third-order valence-corrected chi connectivity index (χ3v) is 5.01. The van der Waals surface area contributed by atoms with Gasteiger partial charge in [0.1, 0.15) is 0 Å². The molecule has 0 saturated carbocycles. The van der Waals surface area contributed by atoms with Gasteiger partial charge in [-0.2, -0.15) is 5.10 Å².